The lowest BCUT2D eigenvalue weighted by molar-refractivity contribution is -0.129. The highest BCUT2D eigenvalue weighted by molar-refractivity contribution is 5.90. The van der Waals surface area contributed by atoms with Gasteiger partial charge >= 0.3 is 6.09 Å². The lowest BCUT2D eigenvalue weighted by atomic mass is 9.71. The zero-order valence-corrected chi connectivity index (χ0v) is 11.5. The van der Waals surface area contributed by atoms with E-state index >= 15 is 0 Å². The van der Waals surface area contributed by atoms with Gasteiger partial charge < -0.3 is 10.1 Å². The van der Waals surface area contributed by atoms with Crippen molar-refractivity contribution in [3.8, 4) is 0 Å². The van der Waals surface area contributed by atoms with Crippen LogP contribution in [0.1, 0.15) is 39.2 Å². The van der Waals surface area contributed by atoms with Crippen molar-refractivity contribution < 1.29 is 14.3 Å². The van der Waals surface area contributed by atoms with E-state index in [-0.39, 0.29) is 5.78 Å². The number of hydrogen-bond acceptors (Lipinski definition) is 3. The molecule has 1 aromatic rings. The first kappa shape index (κ1) is 13.6. The Labute approximate surface area is 113 Å². The van der Waals surface area contributed by atoms with Gasteiger partial charge in [0.15, 0.2) is 0 Å². The van der Waals surface area contributed by atoms with Gasteiger partial charge in [0.1, 0.15) is 11.4 Å². The lowest BCUT2D eigenvalue weighted by Crippen LogP contribution is -2.56. The van der Waals surface area contributed by atoms with Crippen LogP contribution in [0.25, 0.3) is 0 Å². The molecule has 1 aromatic carbocycles. The Morgan fingerprint density at radius 3 is 2.26 bits per heavy atom. The minimum absolute atomic E-state index is 0.153. The monoisotopic (exact) mass is 261 g/mol. The summed E-state index contributed by atoms with van der Waals surface area (Å²) in [5.41, 5.74) is -0.198. The highest BCUT2D eigenvalue weighted by Crippen LogP contribution is 2.38. The van der Waals surface area contributed by atoms with Crippen molar-refractivity contribution in [2.75, 3.05) is 0 Å². The van der Waals surface area contributed by atoms with E-state index in [2.05, 4.69) is 5.32 Å². The largest absolute Gasteiger partial charge is 0.444 e. The van der Waals surface area contributed by atoms with Crippen LogP contribution in [0.4, 0.5) is 4.79 Å². The summed E-state index contributed by atoms with van der Waals surface area (Å²) in [5.74, 6) is 0.153. The Morgan fingerprint density at radius 2 is 1.79 bits per heavy atom. The molecular formula is C15H19NO3. The molecular weight excluding hydrogens is 242 g/mol. The Kier molecular flexibility index (Phi) is 3.35. The van der Waals surface area contributed by atoms with Gasteiger partial charge in [-0.25, -0.2) is 4.79 Å². The van der Waals surface area contributed by atoms with Gasteiger partial charge in [-0.2, -0.15) is 0 Å². The number of carbonyl (C=O) groups is 2. The predicted molar refractivity (Wildman–Crippen MR) is 71.7 cm³/mol. The van der Waals surface area contributed by atoms with E-state index in [0.29, 0.717) is 12.8 Å². The maximum absolute atomic E-state index is 11.9. The second-order valence-electron chi connectivity index (χ2n) is 5.97. The van der Waals surface area contributed by atoms with Crippen LogP contribution < -0.4 is 5.32 Å². The number of amides is 1. The SMILES string of the molecule is CC(C)(C)OC(=O)NC1(c2ccccc2)CC(=O)C1. The number of ether oxygens (including phenoxy) is 1. The molecule has 0 radical (unpaired) electrons. The summed E-state index contributed by atoms with van der Waals surface area (Å²) in [7, 11) is 0. The van der Waals surface area contributed by atoms with E-state index < -0.39 is 17.2 Å². The molecule has 0 spiro atoms. The van der Waals surface area contributed by atoms with Crippen LogP contribution in [0, 0.1) is 0 Å². The third kappa shape index (κ3) is 3.13. The molecule has 4 nitrogen and oxygen atoms in total. The van der Waals surface area contributed by atoms with Crippen molar-refractivity contribution in [1.82, 2.24) is 5.32 Å². The second-order valence-corrected chi connectivity index (χ2v) is 5.97. The summed E-state index contributed by atoms with van der Waals surface area (Å²) in [4.78, 5) is 23.3. The van der Waals surface area contributed by atoms with E-state index in [4.69, 9.17) is 4.74 Å². The molecule has 1 saturated carbocycles. The van der Waals surface area contributed by atoms with Crippen molar-refractivity contribution in [2.45, 2.75) is 44.8 Å². The average molecular weight is 261 g/mol. The zero-order valence-electron chi connectivity index (χ0n) is 11.5. The Bertz CT molecular complexity index is 480. The van der Waals surface area contributed by atoms with Crippen LogP contribution in [-0.4, -0.2) is 17.5 Å². The fraction of sp³-hybridized carbons (Fsp3) is 0.467. The third-order valence-electron chi connectivity index (χ3n) is 3.06. The minimum Gasteiger partial charge on any atom is -0.444 e. The molecule has 0 saturated heterocycles. The van der Waals surface area contributed by atoms with Crippen molar-refractivity contribution in [2.24, 2.45) is 0 Å². The zero-order chi connectivity index (χ0) is 14.1. The maximum atomic E-state index is 11.9. The van der Waals surface area contributed by atoms with Gasteiger partial charge in [-0.1, -0.05) is 30.3 Å². The Morgan fingerprint density at radius 1 is 1.21 bits per heavy atom. The molecule has 1 fully saturated rings. The summed E-state index contributed by atoms with van der Waals surface area (Å²) < 4.78 is 5.26. The van der Waals surface area contributed by atoms with E-state index in [9.17, 15) is 9.59 Å². The van der Waals surface area contributed by atoms with Gasteiger partial charge in [0.25, 0.3) is 0 Å². The first-order chi connectivity index (χ1) is 8.81. The van der Waals surface area contributed by atoms with Crippen LogP contribution >= 0.6 is 0 Å². The van der Waals surface area contributed by atoms with Gasteiger partial charge in [-0.15, -0.1) is 0 Å². The second kappa shape index (κ2) is 4.68. The predicted octanol–water partition coefficient (Wildman–Crippen LogP) is 2.77. The van der Waals surface area contributed by atoms with Crippen molar-refractivity contribution in [3.63, 3.8) is 0 Å². The van der Waals surface area contributed by atoms with Crippen LogP contribution in [0.3, 0.4) is 0 Å². The van der Waals surface area contributed by atoms with Gasteiger partial charge in [0.05, 0.1) is 5.54 Å². The number of nitrogens with one attached hydrogen (secondary N) is 1. The maximum Gasteiger partial charge on any atom is 0.408 e. The van der Waals surface area contributed by atoms with Gasteiger partial charge in [-0.3, -0.25) is 4.79 Å². The normalized spacial score (nSPS) is 17.5. The van der Waals surface area contributed by atoms with Gasteiger partial charge in [0.2, 0.25) is 0 Å². The molecule has 0 aliphatic heterocycles. The Hall–Kier alpha value is -1.84. The van der Waals surface area contributed by atoms with Crippen LogP contribution in [0.2, 0.25) is 0 Å². The lowest BCUT2D eigenvalue weighted by Gasteiger charge is -2.41. The topological polar surface area (TPSA) is 55.4 Å². The van der Waals surface area contributed by atoms with Crippen LogP contribution in [-0.2, 0) is 15.1 Å². The summed E-state index contributed by atoms with van der Waals surface area (Å²) in [6.45, 7) is 5.44. The number of alkyl carbamates (subject to hydrolysis) is 1. The summed E-state index contributed by atoms with van der Waals surface area (Å²) >= 11 is 0. The molecule has 1 amide bonds. The highest BCUT2D eigenvalue weighted by atomic mass is 16.6. The Balaban J connectivity index is 2.14. The molecule has 1 aliphatic carbocycles. The number of ketones is 1. The number of carbonyl (C=O) groups excluding carboxylic acids is 2. The number of rotatable bonds is 2. The fourth-order valence-electron chi connectivity index (χ4n) is 2.24. The average Bonchev–Trinajstić information content (AvgIpc) is 2.25. The third-order valence-corrected chi connectivity index (χ3v) is 3.06. The molecule has 19 heavy (non-hydrogen) atoms. The number of Topliss-reactive ketones (excluding diaryl/α,β-unsaturated/α-hetero) is 1. The molecule has 4 heteroatoms. The van der Waals surface area contributed by atoms with E-state index in [1.165, 1.54) is 0 Å². The van der Waals surface area contributed by atoms with E-state index in [1.807, 2.05) is 51.1 Å². The summed E-state index contributed by atoms with van der Waals surface area (Å²) in [6, 6.07) is 9.55. The van der Waals surface area contributed by atoms with Crippen LogP contribution in [0.15, 0.2) is 30.3 Å². The van der Waals surface area contributed by atoms with E-state index in [1.54, 1.807) is 0 Å². The highest BCUT2D eigenvalue weighted by Gasteiger charge is 2.46. The minimum atomic E-state index is -0.597. The molecule has 2 rings (SSSR count). The number of benzene rings is 1. The summed E-state index contributed by atoms with van der Waals surface area (Å²) in [5, 5.41) is 2.85. The van der Waals surface area contributed by atoms with E-state index in [0.717, 1.165) is 5.56 Å². The molecule has 102 valence electrons. The molecule has 0 unspecified atom stereocenters. The quantitative estimate of drug-likeness (QED) is 0.890. The smallest absolute Gasteiger partial charge is 0.408 e. The molecule has 1 aliphatic rings. The number of hydrogen-bond donors (Lipinski definition) is 1. The van der Waals surface area contributed by atoms with Gasteiger partial charge in [0, 0.05) is 12.8 Å². The first-order valence-corrected chi connectivity index (χ1v) is 6.39. The van der Waals surface area contributed by atoms with Gasteiger partial charge in [-0.05, 0) is 26.3 Å². The first-order valence-electron chi connectivity index (χ1n) is 6.39. The summed E-state index contributed by atoms with van der Waals surface area (Å²) in [6.07, 6.45) is 0.177. The van der Waals surface area contributed by atoms with Crippen molar-refractivity contribution in [3.05, 3.63) is 35.9 Å². The van der Waals surface area contributed by atoms with Crippen molar-refractivity contribution in [1.29, 1.82) is 0 Å². The molecule has 0 bridgehead atoms. The molecule has 0 heterocycles. The fourth-order valence-corrected chi connectivity index (χ4v) is 2.24. The molecule has 1 N–H and O–H groups in total. The van der Waals surface area contributed by atoms with Crippen molar-refractivity contribution >= 4 is 11.9 Å². The molecule has 0 atom stereocenters. The molecule has 0 aromatic heterocycles. The van der Waals surface area contributed by atoms with Crippen LogP contribution in [0.5, 0.6) is 0 Å². The standard InChI is InChI=1S/C15H19NO3/c1-14(2,3)19-13(18)16-15(9-12(17)10-15)11-7-5-4-6-8-11/h4-8H,9-10H2,1-3H3,(H,16,18).